The molecule has 0 saturated carbocycles. The molecule has 0 aromatic rings. The topological polar surface area (TPSA) is 55.1 Å². The summed E-state index contributed by atoms with van der Waals surface area (Å²) in [6.45, 7) is 5.33. The maximum absolute atomic E-state index is 9.53. The van der Waals surface area contributed by atoms with Crippen molar-refractivity contribution in [2.24, 2.45) is 5.73 Å². The molecule has 3 N–H and O–H groups in total. The van der Waals surface area contributed by atoms with Crippen LogP contribution in [0.3, 0.4) is 0 Å². The van der Waals surface area contributed by atoms with E-state index in [1.807, 2.05) is 13.8 Å². The Kier molecular flexibility index (Phi) is 19.6. The fraction of sp³-hybridized carbons (Fsp3) is 0.833. The molecule has 0 unspecified atom stereocenters. The van der Waals surface area contributed by atoms with E-state index < -0.39 is 0 Å². The monoisotopic (exact) mass is 132 g/mol. The summed E-state index contributed by atoms with van der Waals surface area (Å²) < 4.78 is 0. The number of amides is 1. The van der Waals surface area contributed by atoms with E-state index >= 15 is 0 Å². The Bertz CT molecular complexity index is 48.3. The van der Waals surface area contributed by atoms with Crippen LogP contribution in [0.4, 0.5) is 0 Å². The lowest BCUT2D eigenvalue weighted by Gasteiger charge is -1.90. The van der Waals surface area contributed by atoms with Gasteiger partial charge < -0.3 is 11.1 Å². The summed E-state index contributed by atoms with van der Waals surface area (Å²) in [6.07, 6.45) is 1.54. The zero-order valence-corrected chi connectivity index (χ0v) is 6.18. The highest BCUT2D eigenvalue weighted by Gasteiger charge is 1.76. The molecule has 0 saturated heterocycles. The van der Waals surface area contributed by atoms with E-state index in [1.54, 1.807) is 0 Å². The molecule has 0 radical (unpaired) electrons. The molecule has 0 bridgehead atoms. The Morgan fingerprint density at radius 2 is 2.11 bits per heavy atom. The highest BCUT2D eigenvalue weighted by atomic mass is 16.1. The fourth-order valence-electron chi connectivity index (χ4n) is 0.263. The number of hydrogen-bond donors (Lipinski definition) is 2. The summed E-state index contributed by atoms with van der Waals surface area (Å²) in [5.41, 5.74) is 5.11. The number of hydrogen-bond acceptors (Lipinski definition) is 2. The van der Waals surface area contributed by atoms with Crippen LogP contribution in [0.1, 0.15) is 20.3 Å². The second-order valence-electron chi connectivity index (χ2n) is 1.21. The molecule has 3 nitrogen and oxygen atoms in total. The van der Waals surface area contributed by atoms with Crippen LogP contribution < -0.4 is 11.1 Å². The molecular formula is C6H16N2O. The third kappa shape index (κ3) is 18.6. The van der Waals surface area contributed by atoms with Gasteiger partial charge in [0.15, 0.2) is 0 Å². The van der Waals surface area contributed by atoms with E-state index in [0.717, 1.165) is 6.42 Å². The van der Waals surface area contributed by atoms with Gasteiger partial charge in [0.2, 0.25) is 6.41 Å². The van der Waals surface area contributed by atoms with Crippen molar-refractivity contribution in [2.45, 2.75) is 20.3 Å². The summed E-state index contributed by atoms with van der Waals surface area (Å²) in [7, 11) is 0. The fourth-order valence-corrected chi connectivity index (χ4v) is 0.263. The van der Waals surface area contributed by atoms with Crippen LogP contribution in [0.2, 0.25) is 0 Å². The van der Waals surface area contributed by atoms with Gasteiger partial charge in [-0.2, -0.15) is 0 Å². The van der Waals surface area contributed by atoms with Gasteiger partial charge in [-0.25, -0.2) is 0 Å². The lowest BCUT2D eigenvalue weighted by atomic mass is 10.4. The number of nitrogens with one attached hydrogen (secondary N) is 1. The molecule has 3 heteroatoms. The van der Waals surface area contributed by atoms with Crippen molar-refractivity contribution >= 4 is 6.41 Å². The molecule has 0 fully saturated rings. The van der Waals surface area contributed by atoms with E-state index in [9.17, 15) is 4.79 Å². The predicted octanol–water partition coefficient (Wildman–Crippen LogP) is 0.107. The molecule has 1 amide bonds. The smallest absolute Gasteiger partial charge is 0.207 e. The minimum absolute atomic E-state index is 0.640. The molecule has 0 aliphatic heterocycles. The number of nitrogens with two attached hydrogens (primary N) is 1. The Morgan fingerprint density at radius 3 is 2.44 bits per heavy atom. The largest absolute Gasteiger partial charge is 0.359 e. The molecule has 0 aliphatic rings. The van der Waals surface area contributed by atoms with Crippen molar-refractivity contribution in [3.05, 3.63) is 0 Å². The molecule has 0 spiro atoms. The standard InChI is InChI=1S/C4H10N2O.C2H6/c5-2-1-3-6-4-7;1-2/h4H,1-3,5H2,(H,6,7);1-2H3. The van der Waals surface area contributed by atoms with E-state index in [1.165, 1.54) is 0 Å². The normalized spacial score (nSPS) is 7.00. The van der Waals surface area contributed by atoms with Gasteiger partial charge in [-0.1, -0.05) is 13.8 Å². The predicted molar refractivity (Wildman–Crippen MR) is 39.1 cm³/mol. The van der Waals surface area contributed by atoms with Gasteiger partial charge in [-0.15, -0.1) is 0 Å². The molecule has 9 heavy (non-hydrogen) atoms. The average molecular weight is 132 g/mol. The Hall–Kier alpha value is -0.570. The van der Waals surface area contributed by atoms with Gasteiger partial charge >= 0.3 is 0 Å². The molecule has 0 aromatic heterocycles. The van der Waals surface area contributed by atoms with E-state index in [4.69, 9.17) is 5.73 Å². The maximum Gasteiger partial charge on any atom is 0.207 e. The molecule has 0 atom stereocenters. The highest BCUT2D eigenvalue weighted by molar-refractivity contribution is 5.45. The molecule has 56 valence electrons. The Morgan fingerprint density at radius 1 is 1.56 bits per heavy atom. The van der Waals surface area contributed by atoms with E-state index in [0.29, 0.717) is 19.5 Å². The quantitative estimate of drug-likeness (QED) is 0.421. The zero-order chi connectivity index (χ0) is 7.54. The highest BCUT2D eigenvalue weighted by Crippen LogP contribution is 1.63. The lowest BCUT2D eigenvalue weighted by molar-refractivity contribution is -0.109. The summed E-state index contributed by atoms with van der Waals surface area (Å²) in [5.74, 6) is 0. The number of carbonyl (C=O) groups excluding carboxylic acids is 1. The summed E-state index contributed by atoms with van der Waals surface area (Å²) in [6, 6.07) is 0. The summed E-state index contributed by atoms with van der Waals surface area (Å²) >= 11 is 0. The Balaban J connectivity index is 0. The lowest BCUT2D eigenvalue weighted by Crippen LogP contribution is -2.15. The summed E-state index contributed by atoms with van der Waals surface area (Å²) in [4.78, 5) is 9.53. The van der Waals surface area contributed by atoms with Crippen LogP contribution >= 0.6 is 0 Å². The summed E-state index contributed by atoms with van der Waals surface area (Å²) in [5, 5.41) is 2.49. The minimum Gasteiger partial charge on any atom is -0.359 e. The van der Waals surface area contributed by atoms with E-state index in [2.05, 4.69) is 5.32 Å². The Labute approximate surface area is 56.6 Å². The van der Waals surface area contributed by atoms with Crippen molar-refractivity contribution < 1.29 is 4.79 Å². The van der Waals surface area contributed by atoms with Gasteiger partial charge in [0.05, 0.1) is 0 Å². The molecule has 0 rings (SSSR count). The van der Waals surface area contributed by atoms with Crippen LogP contribution in [0.15, 0.2) is 0 Å². The average Bonchev–Trinajstić information content (AvgIpc) is 1.94. The molecule has 0 aliphatic carbocycles. The van der Waals surface area contributed by atoms with Gasteiger partial charge in [0, 0.05) is 6.54 Å². The van der Waals surface area contributed by atoms with Gasteiger partial charge in [-0.3, -0.25) is 4.79 Å². The molecular weight excluding hydrogens is 116 g/mol. The first-order valence-electron chi connectivity index (χ1n) is 3.29. The van der Waals surface area contributed by atoms with Crippen LogP contribution in [0.25, 0.3) is 0 Å². The first-order chi connectivity index (χ1) is 4.41. The van der Waals surface area contributed by atoms with E-state index in [-0.39, 0.29) is 0 Å². The van der Waals surface area contributed by atoms with Gasteiger partial charge in [-0.05, 0) is 13.0 Å². The second-order valence-corrected chi connectivity index (χ2v) is 1.21. The third-order valence-corrected chi connectivity index (χ3v) is 0.609. The number of rotatable bonds is 4. The first kappa shape index (κ1) is 11.3. The third-order valence-electron chi connectivity index (χ3n) is 0.609. The SMILES string of the molecule is CC.NCCCNC=O. The molecule has 0 aromatic carbocycles. The molecule has 0 heterocycles. The zero-order valence-electron chi connectivity index (χ0n) is 6.18. The van der Waals surface area contributed by atoms with Crippen LogP contribution in [-0.2, 0) is 4.79 Å². The van der Waals surface area contributed by atoms with Crippen molar-refractivity contribution in [1.29, 1.82) is 0 Å². The minimum atomic E-state index is 0.640. The van der Waals surface area contributed by atoms with Crippen LogP contribution in [-0.4, -0.2) is 19.5 Å². The van der Waals surface area contributed by atoms with Gasteiger partial charge in [0.1, 0.15) is 0 Å². The van der Waals surface area contributed by atoms with Crippen molar-refractivity contribution in [2.75, 3.05) is 13.1 Å². The second kappa shape index (κ2) is 15.7. The van der Waals surface area contributed by atoms with Crippen LogP contribution in [0, 0.1) is 0 Å². The van der Waals surface area contributed by atoms with Gasteiger partial charge in [0.25, 0.3) is 0 Å². The van der Waals surface area contributed by atoms with Crippen molar-refractivity contribution in [3.63, 3.8) is 0 Å². The number of carbonyl (C=O) groups is 1. The van der Waals surface area contributed by atoms with Crippen LogP contribution in [0.5, 0.6) is 0 Å². The maximum atomic E-state index is 9.53. The van der Waals surface area contributed by atoms with Crippen molar-refractivity contribution in [3.8, 4) is 0 Å². The van der Waals surface area contributed by atoms with Crippen molar-refractivity contribution in [1.82, 2.24) is 5.32 Å². The first-order valence-corrected chi connectivity index (χ1v) is 3.29.